The molecular formula is C19H22N2O9S2. The molecule has 0 heterocycles. The number of hydrogen-bond acceptors (Lipinski definition) is 9. The molecule has 11 nitrogen and oxygen atoms in total. The highest BCUT2D eigenvalue weighted by molar-refractivity contribution is 7.86. The maximum absolute atomic E-state index is 11.1. The van der Waals surface area contributed by atoms with E-state index in [1.165, 1.54) is 12.4 Å². The van der Waals surface area contributed by atoms with E-state index in [2.05, 4.69) is 9.98 Å². The van der Waals surface area contributed by atoms with E-state index in [4.69, 9.17) is 9.11 Å². The number of aliphatic imine (C=N–C) groups is 2. The van der Waals surface area contributed by atoms with E-state index in [1.54, 1.807) is 0 Å². The average Bonchev–Trinajstić information content (AvgIpc) is 2.69. The summed E-state index contributed by atoms with van der Waals surface area (Å²) in [6.45, 7) is 0.329. The van der Waals surface area contributed by atoms with Crippen LogP contribution in [-0.4, -0.2) is 72.9 Å². The third kappa shape index (κ3) is 7.69. The van der Waals surface area contributed by atoms with Gasteiger partial charge in [0.1, 0.15) is 11.5 Å². The van der Waals surface area contributed by atoms with Crippen LogP contribution in [-0.2, 0) is 20.2 Å². The van der Waals surface area contributed by atoms with Gasteiger partial charge in [-0.15, -0.1) is 0 Å². The van der Waals surface area contributed by atoms with Crippen molar-refractivity contribution in [2.45, 2.75) is 28.7 Å². The fourth-order valence-corrected chi connectivity index (χ4v) is 3.54. The number of aliphatic hydroxyl groups is 1. The molecule has 2 aromatic rings. The molecule has 174 valence electrons. The smallest absolute Gasteiger partial charge is 0.294 e. The average molecular weight is 487 g/mol. The lowest BCUT2D eigenvalue weighted by Crippen LogP contribution is -2.10. The maximum Gasteiger partial charge on any atom is 0.294 e. The maximum atomic E-state index is 11.1. The Kier molecular flexibility index (Phi) is 8.46. The summed E-state index contributed by atoms with van der Waals surface area (Å²) in [7, 11) is -8.83. The zero-order chi connectivity index (χ0) is 23.9. The fraction of sp³-hybridized carbons (Fsp3) is 0.263. The Morgan fingerprint density at radius 3 is 1.47 bits per heavy atom. The Balaban J connectivity index is 1.86. The zero-order valence-electron chi connectivity index (χ0n) is 16.6. The summed E-state index contributed by atoms with van der Waals surface area (Å²) in [6, 6.07) is 6.44. The second kappa shape index (κ2) is 10.7. The molecule has 0 saturated heterocycles. The van der Waals surface area contributed by atoms with E-state index in [0.717, 1.165) is 36.4 Å². The van der Waals surface area contributed by atoms with Crippen molar-refractivity contribution in [1.29, 1.82) is 0 Å². The largest absolute Gasteiger partial charge is 0.507 e. The molecule has 0 unspecified atom stereocenters. The molecule has 0 saturated carbocycles. The molecule has 13 heteroatoms. The van der Waals surface area contributed by atoms with Gasteiger partial charge in [-0.3, -0.25) is 19.1 Å². The van der Waals surface area contributed by atoms with Crippen molar-refractivity contribution < 1.29 is 41.3 Å². The summed E-state index contributed by atoms with van der Waals surface area (Å²) in [5.74, 6) is -0.449. The van der Waals surface area contributed by atoms with Crippen LogP contribution in [0.3, 0.4) is 0 Å². The Bertz CT molecular complexity index is 1130. The van der Waals surface area contributed by atoms with Gasteiger partial charge < -0.3 is 15.3 Å². The number of hydrogen-bond donors (Lipinski definition) is 5. The second-order valence-corrected chi connectivity index (χ2v) is 9.54. The summed E-state index contributed by atoms with van der Waals surface area (Å²) in [6.07, 6.45) is 2.15. The molecule has 0 aliphatic rings. The van der Waals surface area contributed by atoms with Crippen LogP contribution >= 0.6 is 0 Å². The molecular weight excluding hydrogens is 464 g/mol. The lowest BCUT2D eigenvalue weighted by molar-refractivity contribution is 0.160. The summed E-state index contributed by atoms with van der Waals surface area (Å²) in [4.78, 5) is 7.25. The number of aliphatic hydroxyl groups excluding tert-OH is 1. The van der Waals surface area contributed by atoms with E-state index >= 15 is 0 Å². The monoisotopic (exact) mass is 486 g/mol. The van der Waals surface area contributed by atoms with Crippen molar-refractivity contribution >= 4 is 32.7 Å². The highest BCUT2D eigenvalue weighted by Gasteiger charge is 2.12. The van der Waals surface area contributed by atoms with E-state index in [1.807, 2.05) is 0 Å². The van der Waals surface area contributed by atoms with Gasteiger partial charge in [0.05, 0.1) is 15.9 Å². The van der Waals surface area contributed by atoms with Crippen LogP contribution in [0.15, 0.2) is 56.2 Å². The van der Waals surface area contributed by atoms with Gasteiger partial charge in [-0.05, 0) is 49.2 Å². The van der Waals surface area contributed by atoms with Gasteiger partial charge in [0, 0.05) is 36.6 Å². The number of phenolic OH excluding ortho intramolecular Hbond substituents is 2. The van der Waals surface area contributed by atoms with Gasteiger partial charge >= 0.3 is 0 Å². The third-order valence-electron chi connectivity index (χ3n) is 4.24. The van der Waals surface area contributed by atoms with Gasteiger partial charge in [0.2, 0.25) is 0 Å². The van der Waals surface area contributed by atoms with Crippen LogP contribution in [0.5, 0.6) is 11.5 Å². The van der Waals surface area contributed by atoms with E-state index in [9.17, 15) is 32.2 Å². The third-order valence-corrected chi connectivity index (χ3v) is 5.94. The first-order chi connectivity index (χ1) is 14.9. The minimum Gasteiger partial charge on any atom is -0.507 e. The lowest BCUT2D eigenvalue weighted by Gasteiger charge is -2.07. The summed E-state index contributed by atoms with van der Waals surface area (Å²) >= 11 is 0. The van der Waals surface area contributed by atoms with Crippen LogP contribution in [0, 0.1) is 0 Å². The van der Waals surface area contributed by atoms with Crippen molar-refractivity contribution in [3.05, 3.63) is 47.5 Å². The lowest BCUT2D eigenvalue weighted by atomic mass is 10.2. The topological polar surface area (TPSA) is 194 Å². The molecule has 2 aromatic carbocycles. The molecule has 0 aromatic heterocycles. The quantitative estimate of drug-likeness (QED) is 0.243. The Labute approximate surface area is 184 Å². The van der Waals surface area contributed by atoms with Crippen LogP contribution in [0.4, 0.5) is 0 Å². The molecule has 0 atom stereocenters. The van der Waals surface area contributed by atoms with Gasteiger partial charge in [-0.2, -0.15) is 16.8 Å². The Morgan fingerprint density at radius 2 is 1.12 bits per heavy atom. The normalized spacial score (nSPS) is 13.7. The van der Waals surface area contributed by atoms with Crippen LogP contribution in [0.25, 0.3) is 0 Å². The van der Waals surface area contributed by atoms with Gasteiger partial charge in [0.15, 0.2) is 0 Å². The molecule has 0 fully saturated rings. The number of rotatable bonds is 10. The van der Waals surface area contributed by atoms with Crippen LogP contribution < -0.4 is 0 Å². The minimum atomic E-state index is -4.42. The first kappa shape index (κ1) is 25.4. The summed E-state index contributed by atoms with van der Waals surface area (Å²) in [5.41, 5.74) is 0.178. The van der Waals surface area contributed by atoms with Crippen molar-refractivity contribution in [3.63, 3.8) is 0 Å². The first-order valence-corrected chi connectivity index (χ1v) is 12.0. The summed E-state index contributed by atoms with van der Waals surface area (Å²) < 4.78 is 62.7. The molecule has 32 heavy (non-hydrogen) atoms. The highest BCUT2D eigenvalue weighted by Crippen LogP contribution is 2.20. The van der Waals surface area contributed by atoms with E-state index in [-0.39, 0.29) is 58.3 Å². The Hall–Kier alpha value is -2.84. The number of phenols is 2. The molecule has 0 aliphatic carbocycles. The fourth-order valence-electron chi connectivity index (χ4n) is 2.51. The molecule has 0 amide bonds. The molecule has 5 N–H and O–H groups in total. The summed E-state index contributed by atoms with van der Waals surface area (Å²) in [5, 5.41) is 29.4. The highest BCUT2D eigenvalue weighted by atomic mass is 32.2. The molecule has 0 radical (unpaired) electrons. The van der Waals surface area contributed by atoms with Crippen LogP contribution in [0.1, 0.15) is 24.0 Å². The van der Waals surface area contributed by atoms with E-state index < -0.39 is 26.3 Å². The molecule has 0 bridgehead atoms. The molecule has 0 aliphatic heterocycles. The van der Waals surface area contributed by atoms with Gasteiger partial charge in [-0.25, -0.2) is 0 Å². The predicted octanol–water partition coefficient (Wildman–Crippen LogP) is 1.27. The predicted molar refractivity (Wildman–Crippen MR) is 116 cm³/mol. The number of benzene rings is 2. The minimum absolute atomic E-state index is 0.0890. The standard InChI is InChI=1S/C19H22N2O9S2/c22-15(5-7-20-11-13-9-16(31(25,26)27)1-3-18(13)23)6-8-21-12-14-10-17(32(28,29)30)2-4-19(14)24/h1-4,9-12,15,22-24H,5-8H2,(H,25,26,27)(H,28,29,30). The zero-order valence-corrected chi connectivity index (χ0v) is 18.2. The second-order valence-electron chi connectivity index (χ2n) is 6.69. The van der Waals surface area contributed by atoms with Gasteiger partial charge in [0.25, 0.3) is 20.2 Å². The van der Waals surface area contributed by atoms with Crippen molar-refractivity contribution in [1.82, 2.24) is 0 Å². The van der Waals surface area contributed by atoms with Gasteiger partial charge in [-0.1, -0.05) is 0 Å². The van der Waals surface area contributed by atoms with E-state index in [0.29, 0.717) is 0 Å². The number of nitrogens with zero attached hydrogens (tertiary/aromatic N) is 2. The molecule has 2 rings (SSSR count). The van der Waals surface area contributed by atoms with Crippen molar-refractivity contribution in [2.75, 3.05) is 13.1 Å². The molecule has 0 spiro atoms. The SMILES string of the molecule is O=S(=O)(O)c1ccc(O)c(C=NCCC(O)CCN=Cc2cc(S(=O)(=O)O)ccc2O)c1. The Morgan fingerprint density at radius 1 is 0.750 bits per heavy atom. The van der Waals surface area contributed by atoms with Crippen molar-refractivity contribution in [3.8, 4) is 11.5 Å². The van der Waals surface area contributed by atoms with Crippen LogP contribution in [0.2, 0.25) is 0 Å². The first-order valence-electron chi connectivity index (χ1n) is 9.16. The number of aromatic hydroxyl groups is 2. The van der Waals surface area contributed by atoms with Crippen molar-refractivity contribution in [2.24, 2.45) is 9.98 Å².